The molecule has 0 radical (unpaired) electrons. The maximum Gasteiger partial charge on any atom is 0.240 e. The lowest BCUT2D eigenvalue weighted by atomic mass is 9.94. The molecular formula is C12H11FN4OS. The van der Waals surface area contributed by atoms with Gasteiger partial charge in [-0.2, -0.15) is 5.10 Å². The largest absolute Gasteiger partial charge is 0.375 e. The Hall–Kier alpha value is -2.02. The van der Waals surface area contributed by atoms with Gasteiger partial charge >= 0.3 is 0 Å². The number of nitrogen functional groups attached to an aromatic ring is 1. The highest BCUT2D eigenvalue weighted by molar-refractivity contribution is 7.22. The molecule has 7 heteroatoms. The van der Waals surface area contributed by atoms with Crippen molar-refractivity contribution in [2.45, 2.75) is 13.3 Å². The molecule has 3 N–H and O–H groups in total. The summed E-state index contributed by atoms with van der Waals surface area (Å²) < 4.78 is 14.6. The van der Waals surface area contributed by atoms with Crippen molar-refractivity contribution in [3.05, 3.63) is 23.5 Å². The predicted molar refractivity (Wildman–Crippen MR) is 72.5 cm³/mol. The fourth-order valence-electron chi connectivity index (χ4n) is 2.16. The van der Waals surface area contributed by atoms with Gasteiger partial charge in [0, 0.05) is 17.9 Å². The molecule has 1 aliphatic heterocycles. The molecule has 3 rings (SSSR count). The highest BCUT2D eigenvalue weighted by Gasteiger charge is 2.23. The summed E-state index contributed by atoms with van der Waals surface area (Å²) in [6, 6.07) is 3.19. The number of aromatic nitrogens is 1. The number of hydrogen-bond acceptors (Lipinski definition) is 5. The number of hydrazone groups is 1. The first-order valence-corrected chi connectivity index (χ1v) is 6.58. The van der Waals surface area contributed by atoms with Gasteiger partial charge < -0.3 is 5.73 Å². The molecule has 0 aliphatic carbocycles. The van der Waals surface area contributed by atoms with E-state index in [1.807, 2.05) is 6.92 Å². The second-order valence-corrected chi connectivity index (χ2v) is 5.56. The predicted octanol–water partition coefficient (Wildman–Crippen LogP) is 1.88. The fraction of sp³-hybridized carbons (Fsp3) is 0.250. The molecule has 0 bridgehead atoms. The Labute approximate surface area is 112 Å². The molecule has 5 nitrogen and oxygen atoms in total. The van der Waals surface area contributed by atoms with E-state index in [2.05, 4.69) is 15.5 Å². The highest BCUT2D eigenvalue weighted by Crippen LogP contribution is 2.29. The zero-order valence-electron chi connectivity index (χ0n) is 10.1. The number of carbonyl (C=O) groups excluding carboxylic acids is 1. The lowest BCUT2D eigenvalue weighted by molar-refractivity contribution is -0.121. The SMILES string of the molecule is CC1CC(=O)NN=C1c1cc(F)c2nc(N)sc2c1. The summed E-state index contributed by atoms with van der Waals surface area (Å²) in [7, 11) is 0. The number of thiazole rings is 1. The van der Waals surface area contributed by atoms with Crippen molar-refractivity contribution in [2.75, 3.05) is 5.73 Å². The zero-order valence-corrected chi connectivity index (χ0v) is 10.9. The van der Waals surface area contributed by atoms with E-state index in [1.54, 1.807) is 6.07 Å². The highest BCUT2D eigenvalue weighted by atomic mass is 32.1. The van der Waals surface area contributed by atoms with Crippen LogP contribution in [0.5, 0.6) is 0 Å². The van der Waals surface area contributed by atoms with Crippen LogP contribution in [0.15, 0.2) is 17.2 Å². The van der Waals surface area contributed by atoms with E-state index in [1.165, 1.54) is 17.4 Å². The summed E-state index contributed by atoms with van der Waals surface area (Å²) >= 11 is 1.23. The van der Waals surface area contributed by atoms with Crippen LogP contribution in [0.4, 0.5) is 9.52 Å². The van der Waals surface area contributed by atoms with Crippen LogP contribution >= 0.6 is 11.3 Å². The first-order chi connectivity index (χ1) is 9.04. The molecular weight excluding hydrogens is 267 g/mol. The van der Waals surface area contributed by atoms with E-state index < -0.39 is 5.82 Å². The Balaban J connectivity index is 2.13. The van der Waals surface area contributed by atoms with E-state index >= 15 is 0 Å². The summed E-state index contributed by atoms with van der Waals surface area (Å²) in [4.78, 5) is 15.2. The molecule has 98 valence electrons. The van der Waals surface area contributed by atoms with Gasteiger partial charge in [0.1, 0.15) is 5.52 Å². The maximum atomic E-state index is 14.0. The van der Waals surface area contributed by atoms with Crippen LogP contribution in [0.25, 0.3) is 10.2 Å². The minimum atomic E-state index is -0.424. The third kappa shape index (κ3) is 2.06. The first kappa shape index (κ1) is 12.0. The molecule has 1 aromatic carbocycles. The third-order valence-corrected chi connectivity index (χ3v) is 3.85. The number of amides is 1. The van der Waals surface area contributed by atoms with Crippen molar-refractivity contribution in [2.24, 2.45) is 11.0 Å². The quantitative estimate of drug-likeness (QED) is 0.835. The minimum Gasteiger partial charge on any atom is -0.375 e. The summed E-state index contributed by atoms with van der Waals surface area (Å²) in [5, 5.41) is 4.35. The van der Waals surface area contributed by atoms with Gasteiger partial charge in [0.25, 0.3) is 0 Å². The molecule has 1 amide bonds. The molecule has 2 heterocycles. The molecule has 1 aliphatic rings. The van der Waals surface area contributed by atoms with Crippen molar-refractivity contribution in [1.82, 2.24) is 10.4 Å². The molecule has 0 saturated carbocycles. The second-order valence-electron chi connectivity index (χ2n) is 4.49. The average Bonchev–Trinajstić information content (AvgIpc) is 2.70. The number of nitrogens with zero attached hydrogens (tertiary/aromatic N) is 2. The van der Waals surface area contributed by atoms with Gasteiger partial charge in [-0.15, -0.1) is 0 Å². The van der Waals surface area contributed by atoms with Crippen molar-refractivity contribution in [3.8, 4) is 0 Å². The number of nitrogens with two attached hydrogens (primary N) is 1. The standard InChI is InChI=1S/C12H11FN4OS/c1-5-2-9(18)16-17-10(5)6-3-7(13)11-8(4-6)19-12(14)15-11/h3-5H,2H2,1H3,(H2,14,15)(H,16,18). The van der Waals surface area contributed by atoms with Gasteiger partial charge in [-0.25, -0.2) is 14.8 Å². The molecule has 19 heavy (non-hydrogen) atoms. The van der Waals surface area contributed by atoms with Crippen molar-refractivity contribution >= 4 is 38.3 Å². The fourth-order valence-corrected chi connectivity index (χ4v) is 2.94. The molecule has 1 atom stereocenters. The number of hydrogen-bond donors (Lipinski definition) is 2. The van der Waals surface area contributed by atoms with E-state index in [0.29, 0.717) is 27.5 Å². The monoisotopic (exact) mass is 278 g/mol. The van der Waals surface area contributed by atoms with Crippen LogP contribution in [-0.2, 0) is 4.79 Å². The maximum absolute atomic E-state index is 14.0. The molecule has 2 aromatic rings. The summed E-state index contributed by atoms with van der Waals surface area (Å²) in [6.45, 7) is 1.89. The van der Waals surface area contributed by atoms with Crippen LogP contribution in [0, 0.1) is 11.7 Å². The third-order valence-electron chi connectivity index (χ3n) is 3.02. The summed E-state index contributed by atoms with van der Waals surface area (Å²) in [5.41, 5.74) is 9.61. The Morgan fingerprint density at radius 1 is 1.53 bits per heavy atom. The topological polar surface area (TPSA) is 80.4 Å². The molecule has 1 unspecified atom stereocenters. The Morgan fingerprint density at radius 3 is 3.05 bits per heavy atom. The van der Waals surface area contributed by atoms with Crippen LogP contribution in [0.2, 0.25) is 0 Å². The molecule has 0 spiro atoms. The lowest BCUT2D eigenvalue weighted by Gasteiger charge is -2.19. The Morgan fingerprint density at radius 2 is 2.32 bits per heavy atom. The number of fused-ring (bicyclic) bond motifs is 1. The smallest absolute Gasteiger partial charge is 0.240 e. The van der Waals surface area contributed by atoms with Crippen LogP contribution in [-0.4, -0.2) is 16.6 Å². The van der Waals surface area contributed by atoms with Crippen LogP contribution in [0.1, 0.15) is 18.9 Å². The van der Waals surface area contributed by atoms with E-state index in [4.69, 9.17) is 5.73 Å². The summed E-state index contributed by atoms with van der Waals surface area (Å²) in [5.74, 6) is -0.594. The number of benzene rings is 1. The van der Waals surface area contributed by atoms with Gasteiger partial charge in [0.05, 0.1) is 10.4 Å². The van der Waals surface area contributed by atoms with Crippen LogP contribution < -0.4 is 11.2 Å². The number of halogens is 1. The van der Waals surface area contributed by atoms with Gasteiger partial charge in [-0.05, 0) is 12.1 Å². The first-order valence-electron chi connectivity index (χ1n) is 5.77. The van der Waals surface area contributed by atoms with Crippen molar-refractivity contribution < 1.29 is 9.18 Å². The number of nitrogens with one attached hydrogen (secondary N) is 1. The van der Waals surface area contributed by atoms with Gasteiger partial charge in [-0.3, -0.25) is 4.79 Å². The molecule has 1 aromatic heterocycles. The van der Waals surface area contributed by atoms with Gasteiger partial charge in [0.15, 0.2) is 10.9 Å². The van der Waals surface area contributed by atoms with Crippen molar-refractivity contribution in [3.63, 3.8) is 0 Å². The Kier molecular flexibility index (Phi) is 2.70. The van der Waals surface area contributed by atoms with E-state index in [0.717, 1.165) is 0 Å². The summed E-state index contributed by atoms with van der Waals surface area (Å²) in [6.07, 6.45) is 0.351. The normalized spacial score (nSPS) is 19.4. The lowest BCUT2D eigenvalue weighted by Crippen LogP contribution is -2.32. The van der Waals surface area contributed by atoms with Gasteiger partial charge in [-0.1, -0.05) is 18.3 Å². The van der Waals surface area contributed by atoms with Crippen LogP contribution in [0.3, 0.4) is 0 Å². The van der Waals surface area contributed by atoms with Crippen molar-refractivity contribution in [1.29, 1.82) is 0 Å². The van der Waals surface area contributed by atoms with Gasteiger partial charge in [0.2, 0.25) is 5.91 Å². The Bertz CT molecular complexity index is 709. The second kappa shape index (κ2) is 4.27. The number of anilines is 1. The zero-order chi connectivity index (χ0) is 13.6. The van der Waals surface area contributed by atoms with E-state index in [9.17, 15) is 9.18 Å². The number of carbonyl (C=O) groups is 1. The molecule has 0 fully saturated rings. The molecule has 0 saturated heterocycles. The minimum absolute atomic E-state index is 0.0455. The average molecular weight is 278 g/mol. The van der Waals surface area contributed by atoms with E-state index in [-0.39, 0.29) is 17.3 Å². The number of rotatable bonds is 1.